The summed E-state index contributed by atoms with van der Waals surface area (Å²) in [5.74, 6) is -0.568. The second-order valence-corrected chi connectivity index (χ2v) is 8.14. The van der Waals surface area contributed by atoms with Gasteiger partial charge in [-0.3, -0.25) is 4.79 Å². The van der Waals surface area contributed by atoms with Crippen molar-refractivity contribution < 1.29 is 14.3 Å². The van der Waals surface area contributed by atoms with Gasteiger partial charge < -0.3 is 10.0 Å². The minimum atomic E-state index is -0.374. The molecule has 0 saturated carbocycles. The zero-order valence-corrected chi connectivity index (χ0v) is 14.5. The minimum absolute atomic E-state index is 0.115. The van der Waals surface area contributed by atoms with Crippen LogP contribution < -0.4 is 0 Å². The summed E-state index contributed by atoms with van der Waals surface area (Å²) >= 11 is 1.66. The van der Waals surface area contributed by atoms with Crippen molar-refractivity contribution in [2.45, 2.75) is 30.0 Å². The van der Waals surface area contributed by atoms with E-state index in [-0.39, 0.29) is 34.5 Å². The molecule has 1 saturated heterocycles. The number of thioether (sulfide) groups is 1. The molecule has 1 aliphatic rings. The van der Waals surface area contributed by atoms with E-state index < -0.39 is 0 Å². The molecular weight excluding hydrogens is 325 g/mol. The van der Waals surface area contributed by atoms with Gasteiger partial charge in [0, 0.05) is 10.3 Å². The summed E-state index contributed by atoms with van der Waals surface area (Å²) in [7, 11) is 0. The van der Waals surface area contributed by atoms with E-state index in [4.69, 9.17) is 0 Å². The minimum Gasteiger partial charge on any atom is -0.394 e. The van der Waals surface area contributed by atoms with Crippen molar-refractivity contribution in [3.63, 3.8) is 0 Å². The van der Waals surface area contributed by atoms with Crippen molar-refractivity contribution in [3.8, 4) is 0 Å². The van der Waals surface area contributed by atoms with Crippen LogP contribution >= 0.6 is 11.8 Å². The van der Waals surface area contributed by atoms with Gasteiger partial charge in [-0.2, -0.15) is 0 Å². The SMILES string of the molecule is CC1(C)SC(c2ccccc2)N(C(=O)c2ccc(F)cc2)C1CO. The maximum Gasteiger partial charge on any atom is 0.255 e. The first kappa shape index (κ1) is 17.0. The van der Waals surface area contributed by atoms with Gasteiger partial charge in [0.05, 0.1) is 12.6 Å². The van der Waals surface area contributed by atoms with Crippen LogP contribution in [-0.4, -0.2) is 33.3 Å². The van der Waals surface area contributed by atoms with Gasteiger partial charge in [0.25, 0.3) is 5.91 Å². The fourth-order valence-electron chi connectivity index (χ4n) is 3.07. The predicted octanol–water partition coefficient (Wildman–Crippen LogP) is 3.85. The highest BCUT2D eigenvalue weighted by Crippen LogP contribution is 2.52. The predicted molar refractivity (Wildman–Crippen MR) is 94.3 cm³/mol. The van der Waals surface area contributed by atoms with Crippen LogP contribution in [0.1, 0.15) is 35.1 Å². The Labute approximate surface area is 145 Å². The molecule has 2 atom stereocenters. The highest BCUT2D eigenvalue weighted by molar-refractivity contribution is 8.01. The summed E-state index contributed by atoms with van der Waals surface area (Å²) in [4.78, 5) is 14.8. The van der Waals surface area contributed by atoms with Crippen molar-refractivity contribution in [1.82, 2.24) is 4.90 Å². The Morgan fingerprint density at radius 3 is 2.38 bits per heavy atom. The summed E-state index contributed by atoms with van der Waals surface area (Å²) in [6.07, 6.45) is 0. The quantitative estimate of drug-likeness (QED) is 0.918. The number of carbonyl (C=O) groups is 1. The van der Waals surface area contributed by atoms with Crippen LogP contribution in [0.25, 0.3) is 0 Å². The number of aliphatic hydroxyl groups excluding tert-OH is 1. The number of aliphatic hydroxyl groups is 1. The third kappa shape index (κ3) is 3.06. The molecule has 1 heterocycles. The number of amides is 1. The second kappa shape index (κ2) is 6.57. The molecule has 0 aliphatic carbocycles. The maximum absolute atomic E-state index is 13.2. The van der Waals surface area contributed by atoms with E-state index in [0.29, 0.717) is 5.56 Å². The average Bonchev–Trinajstić information content (AvgIpc) is 2.86. The van der Waals surface area contributed by atoms with Crippen LogP contribution in [0.3, 0.4) is 0 Å². The molecule has 1 fully saturated rings. The van der Waals surface area contributed by atoms with Gasteiger partial charge in [-0.15, -0.1) is 11.8 Å². The molecule has 1 aliphatic heterocycles. The number of rotatable bonds is 3. The van der Waals surface area contributed by atoms with Crippen molar-refractivity contribution in [3.05, 3.63) is 71.5 Å². The van der Waals surface area contributed by atoms with E-state index in [0.717, 1.165) is 5.56 Å². The second-order valence-electron chi connectivity index (χ2n) is 6.40. The van der Waals surface area contributed by atoms with Gasteiger partial charge in [0.1, 0.15) is 11.2 Å². The van der Waals surface area contributed by atoms with Crippen molar-refractivity contribution in [2.24, 2.45) is 0 Å². The highest BCUT2D eigenvalue weighted by atomic mass is 32.2. The van der Waals surface area contributed by atoms with Gasteiger partial charge in [0.15, 0.2) is 0 Å². The number of hydrogen-bond donors (Lipinski definition) is 1. The number of nitrogens with zero attached hydrogens (tertiary/aromatic N) is 1. The fourth-order valence-corrected chi connectivity index (χ4v) is 4.64. The average molecular weight is 345 g/mol. The van der Waals surface area contributed by atoms with Crippen molar-refractivity contribution >= 4 is 17.7 Å². The number of halogens is 1. The van der Waals surface area contributed by atoms with E-state index >= 15 is 0 Å². The Morgan fingerprint density at radius 2 is 1.79 bits per heavy atom. The van der Waals surface area contributed by atoms with Crippen LogP contribution in [0.15, 0.2) is 54.6 Å². The standard InChI is InChI=1S/C19H20FNO2S/c1-19(2)16(12-22)21(17(23)13-8-10-15(20)11-9-13)18(24-19)14-6-4-3-5-7-14/h3-11,16,18,22H,12H2,1-2H3. The molecule has 0 spiro atoms. The molecule has 0 bridgehead atoms. The van der Waals surface area contributed by atoms with E-state index in [1.165, 1.54) is 24.3 Å². The molecule has 3 rings (SSSR count). The molecule has 126 valence electrons. The summed E-state index contributed by atoms with van der Waals surface area (Å²) in [6.45, 7) is 3.95. The zero-order chi connectivity index (χ0) is 17.3. The van der Waals surface area contributed by atoms with Gasteiger partial charge >= 0.3 is 0 Å². The maximum atomic E-state index is 13.2. The van der Waals surface area contributed by atoms with Crippen LogP contribution in [0.2, 0.25) is 0 Å². The fraction of sp³-hybridized carbons (Fsp3) is 0.316. The van der Waals surface area contributed by atoms with Crippen LogP contribution in [0, 0.1) is 5.82 Å². The first-order valence-electron chi connectivity index (χ1n) is 7.86. The lowest BCUT2D eigenvalue weighted by Gasteiger charge is -2.31. The smallest absolute Gasteiger partial charge is 0.255 e. The molecule has 0 radical (unpaired) electrons. The monoisotopic (exact) mass is 345 g/mol. The summed E-state index contributed by atoms with van der Waals surface area (Å²) in [5, 5.41) is 9.73. The molecule has 3 nitrogen and oxygen atoms in total. The van der Waals surface area contributed by atoms with Gasteiger partial charge in [-0.05, 0) is 43.7 Å². The summed E-state index contributed by atoms with van der Waals surface area (Å²) in [6, 6.07) is 15.0. The lowest BCUT2D eigenvalue weighted by molar-refractivity contribution is 0.0560. The van der Waals surface area contributed by atoms with Gasteiger partial charge in [-0.25, -0.2) is 4.39 Å². The lowest BCUT2D eigenvalue weighted by atomic mass is 10.0. The van der Waals surface area contributed by atoms with Crippen molar-refractivity contribution in [2.75, 3.05) is 6.61 Å². The topological polar surface area (TPSA) is 40.5 Å². The van der Waals surface area contributed by atoms with Crippen LogP contribution in [0.4, 0.5) is 4.39 Å². The molecule has 2 aromatic carbocycles. The molecule has 2 unspecified atom stereocenters. The highest BCUT2D eigenvalue weighted by Gasteiger charge is 2.49. The molecule has 1 amide bonds. The normalized spacial score (nSPS) is 22.6. The largest absolute Gasteiger partial charge is 0.394 e. The Bertz CT molecular complexity index is 718. The van der Waals surface area contributed by atoms with Gasteiger partial charge in [0.2, 0.25) is 0 Å². The third-order valence-corrected chi connectivity index (χ3v) is 5.99. The Hall–Kier alpha value is -1.85. The number of benzene rings is 2. The Morgan fingerprint density at radius 1 is 1.17 bits per heavy atom. The third-order valence-electron chi connectivity index (χ3n) is 4.39. The van der Waals surface area contributed by atoms with Gasteiger partial charge in [-0.1, -0.05) is 30.3 Å². The first-order chi connectivity index (χ1) is 11.4. The van der Waals surface area contributed by atoms with E-state index in [1.54, 1.807) is 16.7 Å². The zero-order valence-electron chi connectivity index (χ0n) is 13.6. The molecule has 1 N–H and O–H groups in total. The number of hydrogen-bond acceptors (Lipinski definition) is 3. The summed E-state index contributed by atoms with van der Waals surface area (Å²) < 4.78 is 12.9. The van der Waals surface area contributed by atoms with E-state index in [1.807, 2.05) is 44.2 Å². The first-order valence-corrected chi connectivity index (χ1v) is 8.74. The molecule has 5 heteroatoms. The van der Waals surface area contributed by atoms with Crippen LogP contribution in [-0.2, 0) is 0 Å². The molecular formula is C19H20FNO2S. The summed E-state index contributed by atoms with van der Waals surface area (Å²) in [5.41, 5.74) is 1.44. The number of carbonyl (C=O) groups excluding carboxylic acids is 1. The molecule has 0 aromatic heterocycles. The van der Waals surface area contributed by atoms with E-state index in [2.05, 4.69) is 0 Å². The van der Waals surface area contributed by atoms with Crippen LogP contribution in [0.5, 0.6) is 0 Å². The van der Waals surface area contributed by atoms with E-state index in [9.17, 15) is 14.3 Å². The molecule has 2 aromatic rings. The van der Waals surface area contributed by atoms with Crippen molar-refractivity contribution in [1.29, 1.82) is 0 Å². The Kier molecular flexibility index (Phi) is 4.65. The Balaban J connectivity index is 2.02. The molecule has 24 heavy (non-hydrogen) atoms. The lowest BCUT2D eigenvalue weighted by Crippen LogP contribution is -2.46.